The number of hydrogen-bond donors (Lipinski definition) is 0. The Morgan fingerprint density at radius 1 is 1.27 bits per heavy atom. The van der Waals surface area contributed by atoms with Gasteiger partial charge in [-0.25, -0.2) is 6.57 Å². The molecule has 1 fully saturated rings. The van der Waals surface area contributed by atoms with Crippen molar-refractivity contribution in [2.45, 2.75) is 25.2 Å². The highest BCUT2D eigenvalue weighted by Gasteiger charge is 2.35. The zero-order chi connectivity index (χ0) is 28.2. The molecule has 2 aliphatic rings. The highest BCUT2D eigenvalue weighted by molar-refractivity contribution is 6.35. The molecule has 208 valence electrons. The molecule has 1 amide bonds. The lowest BCUT2D eigenvalue weighted by Gasteiger charge is -2.40. The number of hydrogen-bond acceptors (Lipinski definition) is 7. The van der Waals surface area contributed by atoms with Gasteiger partial charge >= 0.3 is 6.01 Å². The molecule has 5 rings (SSSR count). The number of fused-ring (bicyclic) bond motifs is 2. The third kappa shape index (κ3) is 5.75. The SMILES string of the molecule is [C-]#[N+]C[C@H]1CN(c2nc(OCCN(C)C)nc3c2CO[C@H](c2cccc4cccc(Cl)c24)C3)CCN1C(=O)C=C. The fraction of sp³-hybridized carbons (Fsp3) is 0.400. The van der Waals surface area contributed by atoms with Gasteiger partial charge in [0.05, 0.1) is 18.4 Å². The van der Waals surface area contributed by atoms with Crippen molar-refractivity contribution in [1.82, 2.24) is 19.8 Å². The number of ether oxygens (including phenoxy) is 2. The molecule has 3 heterocycles. The van der Waals surface area contributed by atoms with Gasteiger partial charge in [0, 0.05) is 48.6 Å². The van der Waals surface area contributed by atoms with Gasteiger partial charge in [-0.15, -0.1) is 0 Å². The Labute approximate surface area is 239 Å². The van der Waals surface area contributed by atoms with Crippen molar-refractivity contribution in [1.29, 1.82) is 0 Å². The number of carbonyl (C=O) groups excluding carboxylic acids is 1. The van der Waals surface area contributed by atoms with Crippen molar-refractivity contribution in [3.8, 4) is 6.01 Å². The highest BCUT2D eigenvalue weighted by atomic mass is 35.5. The van der Waals surface area contributed by atoms with E-state index in [4.69, 9.17) is 37.6 Å². The maximum atomic E-state index is 12.5. The molecular formula is C30H33ClN6O3. The second-order valence-corrected chi connectivity index (χ2v) is 10.7. The Hall–Kier alpha value is -3.71. The average Bonchev–Trinajstić information content (AvgIpc) is 2.96. The van der Waals surface area contributed by atoms with Gasteiger partial charge in [-0.05, 0) is 37.2 Å². The van der Waals surface area contributed by atoms with Crippen LogP contribution < -0.4 is 9.64 Å². The number of benzene rings is 2. The molecule has 0 radical (unpaired) electrons. The van der Waals surface area contributed by atoms with E-state index in [9.17, 15) is 4.79 Å². The summed E-state index contributed by atoms with van der Waals surface area (Å²) < 4.78 is 12.5. The summed E-state index contributed by atoms with van der Waals surface area (Å²) in [5.41, 5.74) is 2.81. The quantitative estimate of drug-likeness (QED) is 0.302. The van der Waals surface area contributed by atoms with E-state index in [1.165, 1.54) is 6.08 Å². The minimum absolute atomic E-state index is 0.161. The van der Waals surface area contributed by atoms with Gasteiger partial charge in [-0.3, -0.25) is 4.79 Å². The molecule has 0 aliphatic carbocycles. The van der Waals surface area contributed by atoms with Crippen molar-refractivity contribution < 1.29 is 14.3 Å². The van der Waals surface area contributed by atoms with E-state index in [0.29, 0.717) is 50.3 Å². The molecule has 2 aliphatic heterocycles. The van der Waals surface area contributed by atoms with Gasteiger partial charge in [0.15, 0.2) is 0 Å². The Morgan fingerprint density at radius 3 is 2.83 bits per heavy atom. The van der Waals surface area contributed by atoms with Crippen molar-refractivity contribution >= 4 is 34.1 Å². The molecular weight excluding hydrogens is 528 g/mol. The molecule has 0 N–H and O–H groups in total. The second-order valence-electron chi connectivity index (χ2n) is 10.3. The number of nitrogens with zero attached hydrogens (tertiary/aromatic N) is 6. The largest absolute Gasteiger partial charge is 0.462 e. The third-order valence-corrected chi connectivity index (χ3v) is 7.72. The summed E-state index contributed by atoms with van der Waals surface area (Å²) in [5.74, 6) is 0.575. The van der Waals surface area contributed by atoms with Gasteiger partial charge in [0.1, 0.15) is 18.5 Å². The van der Waals surface area contributed by atoms with Crippen LogP contribution in [0.15, 0.2) is 49.1 Å². The first-order chi connectivity index (χ1) is 19.4. The summed E-state index contributed by atoms with van der Waals surface area (Å²) in [7, 11) is 3.97. The van der Waals surface area contributed by atoms with E-state index >= 15 is 0 Å². The zero-order valence-electron chi connectivity index (χ0n) is 22.8. The fourth-order valence-electron chi connectivity index (χ4n) is 5.38. The van der Waals surface area contributed by atoms with E-state index in [2.05, 4.69) is 34.5 Å². The molecule has 0 bridgehead atoms. The first-order valence-corrected chi connectivity index (χ1v) is 13.7. The number of likely N-dealkylation sites (N-methyl/N-ethyl adjacent to an activating group) is 1. The predicted molar refractivity (Wildman–Crippen MR) is 156 cm³/mol. The summed E-state index contributed by atoms with van der Waals surface area (Å²) in [4.78, 5) is 31.6. The lowest BCUT2D eigenvalue weighted by molar-refractivity contribution is -0.128. The van der Waals surface area contributed by atoms with Gasteiger partial charge in [-0.2, -0.15) is 9.97 Å². The Bertz CT molecular complexity index is 1450. The molecule has 1 aromatic heterocycles. The van der Waals surface area contributed by atoms with Crippen molar-refractivity contribution in [3.63, 3.8) is 0 Å². The maximum Gasteiger partial charge on any atom is 0.318 e. The number of halogens is 1. The predicted octanol–water partition coefficient (Wildman–Crippen LogP) is 4.16. The number of aromatic nitrogens is 2. The number of anilines is 1. The van der Waals surface area contributed by atoms with Crippen LogP contribution in [0.25, 0.3) is 15.6 Å². The summed E-state index contributed by atoms with van der Waals surface area (Å²) >= 11 is 6.63. The van der Waals surface area contributed by atoms with Crippen molar-refractivity contribution in [3.05, 3.63) is 82.3 Å². The topological polar surface area (TPSA) is 75.4 Å². The summed E-state index contributed by atoms with van der Waals surface area (Å²) in [5, 5.41) is 2.74. The lowest BCUT2D eigenvalue weighted by Crippen LogP contribution is -2.56. The molecule has 0 spiro atoms. The summed E-state index contributed by atoms with van der Waals surface area (Å²) in [6, 6.07) is 12.1. The average molecular weight is 561 g/mol. The monoisotopic (exact) mass is 560 g/mol. The van der Waals surface area contributed by atoms with Crippen LogP contribution in [0.3, 0.4) is 0 Å². The normalized spacial score (nSPS) is 18.9. The highest BCUT2D eigenvalue weighted by Crippen LogP contribution is 2.39. The smallest absolute Gasteiger partial charge is 0.318 e. The van der Waals surface area contributed by atoms with Gasteiger partial charge in [-0.1, -0.05) is 48.5 Å². The molecule has 3 aromatic rings. The van der Waals surface area contributed by atoms with E-state index in [1.54, 1.807) is 4.90 Å². The number of carbonyl (C=O) groups is 1. The molecule has 40 heavy (non-hydrogen) atoms. The minimum atomic E-state index is -0.268. The van der Waals surface area contributed by atoms with Gasteiger partial charge in [0.2, 0.25) is 12.5 Å². The molecule has 9 nitrogen and oxygen atoms in total. The van der Waals surface area contributed by atoms with Crippen LogP contribution in [0.2, 0.25) is 5.02 Å². The Balaban J connectivity index is 1.49. The van der Waals surface area contributed by atoms with Crippen LogP contribution in [0.4, 0.5) is 5.82 Å². The van der Waals surface area contributed by atoms with Crippen LogP contribution in [-0.2, 0) is 22.6 Å². The van der Waals surface area contributed by atoms with E-state index in [0.717, 1.165) is 40.0 Å². The summed E-state index contributed by atoms with van der Waals surface area (Å²) in [6.07, 6.45) is 1.62. The maximum absolute atomic E-state index is 12.5. The molecule has 0 saturated carbocycles. The Morgan fingerprint density at radius 2 is 2.08 bits per heavy atom. The van der Waals surface area contributed by atoms with Crippen molar-refractivity contribution in [2.75, 3.05) is 58.3 Å². The molecule has 0 unspecified atom stereocenters. The third-order valence-electron chi connectivity index (χ3n) is 7.40. The van der Waals surface area contributed by atoms with Crippen LogP contribution >= 0.6 is 11.6 Å². The van der Waals surface area contributed by atoms with Crippen LogP contribution in [0.5, 0.6) is 6.01 Å². The van der Waals surface area contributed by atoms with E-state index in [-0.39, 0.29) is 24.6 Å². The summed E-state index contributed by atoms with van der Waals surface area (Å²) in [6.45, 7) is 14.3. The number of piperazine rings is 1. The zero-order valence-corrected chi connectivity index (χ0v) is 23.6. The first-order valence-electron chi connectivity index (χ1n) is 13.4. The fourth-order valence-corrected chi connectivity index (χ4v) is 5.67. The van der Waals surface area contributed by atoms with Gasteiger partial charge < -0.3 is 29.0 Å². The van der Waals surface area contributed by atoms with Gasteiger partial charge in [0.25, 0.3) is 0 Å². The van der Waals surface area contributed by atoms with E-state index in [1.807, 2.05) is 37.2 Å². The number of rotatable bonds is 8. The van der Waals surface area contributed by atoms with Crippen LogP contribution in [0.1, 0.15) is 22.9 Å². The second kappa shape index (κ2) is 12.2. The first kappa shape index (κ1) is 27.8. The van der Waals surface area contributed by atoms with Crippen molar-refractivity contribution in [2.24, 2.45) is 0 Å². The standard InChI is InChI=1S/C30H33ClN6O3/c1-5-27(38)37-13-12-36(18-21(37)17-32-2)29-23-19-40-26(16-25(23)33-30(34-29)39-15-14-35(3)4)22-10-6-8-20-9-7-11-24(31)28(20)22/h5-11,21,26H,1,12-19H2,3-4H3/t21-,26-/m0/s1. The minimum Gasteiger partial charge on any atom is -0.462 e. The molecule has 2 aromatic carbocycles. The lowest BCUT2D eigenvalue weighted by atomic mass is 9.94. The van der Waals surface area contributed by atoms with Crippen LogP contribution in [-0.4, -0.2) is 85.1 Å². The molecule has 1 saturated heterocycles. The number of amides is 1. The molecule has 2 atom stereocenters. The Kier molecular flexibility index (Phi) is 8.50. The van der Waals surface area contributed by atoms with E-state index < -0.39 is 0 Å². The molecule has 10 heteroatoms. The van der Waals surface area contributed by atoms with Crippen LogP contribution in [0, 0.1) is 6.57 Å².